The van der Waals surface area contributed by atoms with Gasteiger partial charge in [0, 0.05) is 51.8 Å². The number of rotatable bonds is 5. The number of nitrogens with zero attached hydrogens (tertiary/aromatic N) is 4. The van der Waals surface area contributed by atoms with E-state index in [9.17, 15) is 0 Å². The summed E-state index contributed by atoms with van der Waals surface area (Å²) in [6, 6.07) is 38.0. The number of anilines is 2. The van der Waals surface area contributed by atoms with Crippen LogP contribution in [0.5, 0.6) is 0 Å². The zero-order chi connectivity index (χ0) is 34.8. The molecule has 4 nitrogen and oxygen atoms in total. The number of hydrogen-bond donors (Lipinski definition) is 0. The van der Waals surface area contributed by atoms with Crippen molar-refractivity contribution in [3.63, 3.8) is 0 Å². The van der Waals surface area contributed by atoms with Crippen LogP contribution in [-0.2, 0) is 5.41 Å². The number of pyridine rings is 1. The molecule has 2 unspecified atom stereocenters. The highest BCUT2D eigenvalue weighted by molar-refractivity contribution is 5.88. The first-order valence-corrected chi connectivity index (χ1v) is 18.3. The lowest BCUT2D eigenvalue weighted by Crippen LogP contribution is -2.28. The molecule has 0 saturated heterocycles. The molecule has 0 saturated carbocycles. The van der Waals surface area contributed by atoms with Crippen molar-refractivity contribution in [2.45, 2.75) is 44.1 Å². The van der Waals surface area contributed by atoms with Crippen LogP contribution in [0.1, 0.15) is 55.1 Å². The summed E-state index contributed by atoms with van der Waals surface area (Å²) in [4.78, 5) is 17.2. The van der Waals surface area contributed by atoms with Crippen LogP contribution in [0.25, 0.3) is 50.3 Å². The van der Waals surface area contributed by atoms with Gasteiger partial charge in [-0.15, -0.1) is 0 Å². The number of aromatic nitrogens is 3. The van der Waals surface area contributed by atoms with E-state index in [1.807, 2.05) is 12.3 Å². The van der Waals surface area contributed by atoms with Crippen molar-refractivity contribution in [3.8, 4) is 44.8 Å². The Morgan fingerprint density at radius 1 is 0.673 bits per heavy atom. The van der Waals surface area contributed by atoms with Crippen LogP contribution in [0.2, 0.25) is 0 Å². The third-order valence-electron chi connectivity index (χ3n) is 11.3. The van der Waals surface area contributed by atoms with Gasteiger partial charge in [-0.1, -0.05) is 123 Å². The maximum absolute atomic E-state index is 5.23. The number of fused-ring (bicyclic) bond motifs is 6. The fraction of sp³-hybridized carbons (Fsp3) is 0.146. The smallest absolute Gasteiger partial charge is 0.160 e. The molecule has 3 aliphatic carbocycles. The first kappa shape index (κ1) is 30.7. The molecule has 4 aromatic carbocycles. The fourth-order valence-corrected chi connectivity index (χ4v) is 8.68. The standard InChI is InChI=1S/C48H38N4/c1-48(2)41-24-22-34(27-39(41)40-28-36(23-25-42(40)48)52-45-16-8-6-14-37(45)38-15-7-9-17-46(38)52)44-29-43(50-47(51-44)33-11-4-3-5-12-33)32-20-18-31(19-21-32)35-13-10-26-49-30-35/h4,6-30,37,45H,3,5H2,1-2H3. The molecule has 1 aliphatic heterocycles. The van der Waals surface area contributed by atoms with Crippen LogP contribution < -0.4 is 4.90 Å². The largest absolute Gasteiger partial charge is 0.333 e. The molecule has 52 heavy (non-hydrogen) atoms. The van der Waals surface area contributed by atoms with E-state index in [0.29, 0.717) is 5.92 Å². The summed E-state index contributed by atoms with van der Waals surface area (Å²) in [5, 5.41) is 0. The number of para-hydroxylation sites is 1. The van der Waals surface area contributed by atoms with Gasteiger partial charge in [-0.05, 0) is 88.2 Å². The Hall–Kier alpha value is -6.13. The highest BCUT2D eigenvalue weighted by Crippen LogP contribution is 2.53. The Labute approximate surface area is 305 Å². The van der Waals surface area contributed by atoms with Gasteiger partial charge in [-0.2, -0.15) is 0 Å². The summed E-state index contributed by atoms with van der Waals surface area (Å²) >= 11 is 0. The second-order valence-corrected chi connectivity index (χ2v) is 14.8. The molecular weight excluding hydrogens is 633 g/mol. The van der Waals surface area contributed by atoms with Gasteiger partial charge in [0.2, 0.25) is 0 Å². The molecule has 0 amide bonds. The Balaban J connectivity index is 1.08. The lowest BCUT2D eigenvalue weighted by molar-refractivity contribution is 0.660. The third kappa shape index (κ3) is 4.93. The zero-order valence-corrected chi connectivity index (χ0v) is 29.4. The van der Waals surface area contributed by atoms with Crippen molar-refractivity contribution in [1.29, 1.82) is 0 Å². The Kier molecular flexibility index (Phi) is 7.07. The van der Waals surface area contributed by atoms with E-state index in [4.69, 9.17) is 9.97 Å². The molecule has 0 N–H and O–H groups in total. The van der Waals surface area contributed by atoms with E-state index in [1.54, 1.807) is 6.20 Å². The molecule has 0 bridgehead atoms. The van der Waals surface area contributed by atoms with E-state index in [2.05, 4.69) is 163 Å². The van der Waals surface area contributed by atoms with Gasteiger partial charge in [0.05, 0.1) is 17.4 Å². The van der Waals surface area contributed by atoms with E-state index in [-0.39, 0.29) is 11.5 Å². The normalized spacial score (nSPS) is 18.8. The fourth-order valence-electron chi connectivity index (χ4n) is 8.68. The van der Waals surface area contributed by atoms with Gasteiger partial charge < -0.3 is 4.90 Å². The van der Waals surface area contributed by atoms with Gasteiger partial charge in [-0.25, -0.2) is 9.97 Å². The van der Waals surface area contributed by atoms with Crippen molar-refractivity contribution >= 4 is 16.9 Å². The predicted octanol–water partition coefficient (Wildman–Crippen LogP) is 11.6. The summed E-state index contributed by atoms with van der Waals surface area (Å²) in [6.45, 7) is 4.70. The van der Waals surface area contributed by atoms with Crippen LogP contribution in [0.3, 0.4) is 0 Å². The Bertz CT molecular complexity index is 2500. The summed E-state index contributed by atoms with van der Waals surface area (Å²) in [5.41, 5.74) is 16.4. The van der Waals surface area contributed by atoms with Crippen molar-refractivity contribution in [2.75, 3.05) is 4.90 Å². The van der Waals surface area contributed by atoms with Gasteiger partial charge >= 0.3 is 0 Å². The monoisotopic (exact) mass is 670 g/mol. The number of allylic oxidation sites excluding steroid dienone is 6. The maximum atomic E-state index is 5.23. The van der Waals surface area contributed by atoms with E-state index in [1.165, 1.54) is 39.2 Å². The molecule has 0 radical (unpaired) electrons. The third-order valence-corrected chi connectivity index (χ3v) is 11.3. The van der Waals surface area contributed by atoms with Gasteiger partial charge in [0.25, 0.3) is 0 Å². The minimum atomic E-state index is -0.115. The Morgan fingerprint density at radius 2 is 1.42 bits per heavy atom. The van der Waals surface area contributed by atoms with Crippen molar-refractivity contribution in [1.82, 2.24) is 15.0 Å². The highest BCUT2D eigenvalue weighted by atomic mass is 15.2. The molecule has 0 fully saturated rings. The molecule has 2 atom stereocenters. The minimum absolute atomic E-state index is 0.115. The van der Waals surface area contributed by atoms with Crippen LogP contribution in [-0.4, -0.2) is 21.0 Å². The van der Waals surface area contributed by atoms with E-state index in [0.717, 1.165) is 57.9 Å². The molecule has 6 aromatic rings. The second-order valence-electron chi connectivity index (χ2n) is 14.8. The summed E-state index contributed by atoms with van der Waals surface area (Å²) in [5.74, 6) is 1.12. The average Bonchev–Trinajstić information content (AvgIpc) is 3.66. The number of hydrogen-bond acceptors (Lipinski definition) is 4. The van der Waals surface area contributed by atoms with Gasteiger partial charge in [0.15, 0.2) is 5.82 Å². The van der Waals surface area contributed by atoms with Gasteiger partial charge in [-0.3, -0.25) is 4.98 Å². The molecular formula is C48H38N4. The second kappa shape index (κ2) is 12.0. The maximum Gasteiger partial charge on any atom is 0.160 e. The van der Waals surface area contributed by atoms with E-state index < -0.39 is 0 Å². The molecule has 10 rings (SSSR count). The number of benzene rings is 4. The molecule has 0 spiro atoms. The zero-order valence-electron chi connectivity index (χ0n) is 29.4. The first-order valence-electron chi connectivity index (χ1n) is 18.3. The minimum Gasteiger partial charge on any atom is -0.333 e. The molecule has 3 heterocycles. The molecule has 4 heteroatoms. The van der Waals surface area contributed by atoms with E-state index >= 15 is 0 Å². The lowest BCUT2D eigenvalue weighted by atomic mass is 9.82. The first-order chi connectivity index (χ1) is 25.5. The Morgan fingerprint density at radius 3 is 2.23 bits per heavy atom. The SMILES string of the molecule is CC1(C)c2ccc(-c3cc(-c4ccc(-c5cccnc5)cc4)nc(C4=CCCC=C4)n3)cc2-c2cc(N3c4ccccc4C4C=CC=CC43)ccc21. The van der Waals surface area contributed by atoms with Gasteiger partial charge in [0.1, 0.15) is 0 Å². The average molecular weight is 671 g/mol. The summed E-state index contributed by atoms with van der Waals surface area (Å²) < 4.78 is 0. The van der Waals surface area contributed by atoms with Crippen molar-refractivity contribution in [2.24, 2.45) is 0 Å². The topological polar surface area (TPSA) is 41.9 Å². The molecule has 250 valence electrons. The molecule has 2 aromatic heterocycles. The quantitative estimate of drug-likeness (QED) is 0.183. The van der Waals surface area contributed by atoms with Crippen LogP contribution >= 0.6 is 0 Å². The summed E-state index contributed by atoms with van der Waals surface area (Å²) in [6.07, 6.45) is 21.5. The summed E-state index contributed by atoms with van der Waals surface area (Å²) in [7, 11) is 0. The van der Waals surface area contributed by atoms with Crippen molar-refractivity contribution < 1.29 is 0 Å². The molecule has 4 aliphatic rings. The van der Waals surface area contributed by atoms with Crippen molar-refractivity contribution in [3.05, 3.63) is 181 Å². The van der Waals surface area contributed by atoms with Crippen LogP contribution in [0.15, 0.2) is 158 Å². The highest BCUT2D eigenvalue weighted by Gasteiger charge is 2.40. The van der Waals surface area contributed by atoms with Crippen LogP contribution in [0, 0.1) is 0 Å². The van der Waals surface area contributed by atoms with Crippen LogP contribution in [0.4, 0.5) is 11.4 Å². The lowest BCUT2D eigenvalue weighted by Gasteiger charge is -2.29. The predicted molar refractivity (Wildman–Crippen MR) is 213 cm³/mol.